The topological polar surface area (TPSA) is 55.9 Å². The average molecular weight is 603 g/mol. The zero-order chi connectivity index (χ0) is 29.2. The van der Waals surface area contributed by atoms with Gasteiger partial charge in [-0.25, -0.2) is 4.39 Å². The fourth-order valence-electron chi connectivity index (χ4n) is 5.61. The number of carbonyl (C=O) groups is 2. The van der Waals surface area contributed by atoms with E-state index >= 15 is 0 Å². The van der Waals surface area contributed by atoms with E-state index in [1.54, 1.807) is 17.0 Å². The quantitative estimate of drug-likeness (QED) is 0.444. The van der Waals surface area contributed by atoms with Crippen LogP contribution in [0, 0.1) is 5.82 Å². The Morgan fingerprint density at radius 2 is 1.75 bits per heavy atom. The lowest BCUT2D eigenvalue weighted by molar-refractivity contribution is -0.140. The van der Waals surface area contributed by atoms with Gasteiger partial charge in [-0.1, -0.05) is 35.3 Å². The molecule has 0 radical (unpaired) electrons. The first-order chi connectivity index (χ1) is 18.8. The summed E-state index contributed by atoms with van der Waals surface area (Å²) < 4.78 is 53.3. The van der Waals surface area contributed by atoms with Crippen molar-refractivity contribution in [2.45, 2.75) is 50.5 Å². The van der Waals surface area contributed by atoms with Crippen LogP contribution in [0.4, 0.5) is 17.6 Å². The van der Waals surface area contributed by atoms with E-state index in [1.807, 2.05) is 18.0 Å². The zero-order valence-corrected chi connectivity index (χ0v) is 23.8. The first-order valence-corrected chi connectivity index (χ1v) is 13.9. The zero-order valence-electron chi connectivity index (χ0n) is 22.3. The molecular weight excluding hydrogens is 571 g/mol. The molecule has 0 saturated carbocycles. The Hall–Kier alpha value is -2.40. The molecule has 6 nitrogen and oxygen atoms in total. The summed E-state index contributed by atoms with van der Waals surface area (Å²) in [5.41, 5.74) is -0.0182. The number of likely N-dealkylation sites (tertiary alicyclic amines) is 2. The molecule has 2 saturated heterocycles. The van der Waals surface area contributed by atoms with Gasteiger partial charge in [0.2, 0.25) is 11.8 Å². The van der Waals surface area contributed by atoms with E-state index in [-0.39, 0.29) is 42.9 Å². The Balaban J connectivity index is 1.48. The molecule has 0 bridgehead atoms. The summed E-state index contributed by atoms with van der Waals surface area (Å²) in [5, 5.41) is 3.72. The summed E-state index contributed by atoms with van der Waals surface area (Å²) in [5.74, 6) is -1.55. The van der Waals surface area contributed by atoms with Crippen LogP contribution >= 0.6 is 23.2 Å². The second-order valence-electron chi connectivity index (χ2n) is 10.6. The molecule has 2 fully saturated rings. The number of hydrogen-bond donors (Lipinski definition) is 1. The number of carbonyl (C=O) groups excluding carboxylic acids is 2. The van der Waals surface area contributed by atoms with Gasteiger partial charge in [-0.15, -0.1) is 0 Å². The van der Waals surface area contributed by atoms with Crippen LogP contribution in [0.15, 0.2) is 36.4 Å². The molecule has 2 aromatic rings. The lowest BCUT2D eigenvalue weighted by Gasteiger charge is -2.32. The molecule has 2 amide bonds. The highest BCUT2D eigenvalue weighted by atomic mass is 35.5. The van der Waals surface area contributed by atoms with E-state index in [1.165, 1.54) is 13.0 Å². The minimum Gasteiger partial charge on any atom is -0.354 e. The van der Waals surface area contributed by atoms with Crippen molar-refractivity contribution in [3.63, 3.8) is 0 Å². The number of amides is 2. The van der Waals surface area contributed by atoms with Gasteiger partial charge in [0.05, 0.1) is 22.2 Å². The van der Waals surface area contributed by atoms with Crippen LogP contribution in [0.1, 0.15) is 42.4 Å². The molecular formula is C28H32Cl2F4N4O2. The van der Waals surface area contributed by atoms with Gasteiger partial charge in [0.25, 0.3) is 0 Å². The van der Waals surface area contributed by atoms with Crippen molar-refractivity contribution in [2.24, 2.45) is 0 Å². The monoisotopic (exact) mass is 602 g/mol. The maximum Gasteiger partial charge on any atom is 0.419 e. The maximum absolute atomic E-state index is 14.2. The van der Waals surface area contributed by atoms with Crippen molar-refractivity contribution < 1.29 is 27.2 Å². The number of likely N-dealkylation sites (N-methyl/N-ethyl adjacent to an activating group) is 1. The number of nitrogens with one attached hydrogen (secondary N) is 1. The molecule has 2 aliphatic rings. The molecule has 1 unspecified atom stereocenters. The molecule has 0 aliphatic carbocycles. The molecule has 0 aromatic heterocycles. The highest BCUT2D eigenvalue weighted by Gasteiger charge is 2.39. The van der Waals surface area contributed by atoms with Gasteiger partial charge >= 0.3 is 6.18 Å². The Labute approximate surface area is 241 Å². The smallest absolute Gasteiger partial charge is 0.354 e. The number of halogens is 6. The summed E-state index contributed by atoms with van der Waals surface area (Å²) in [6, 6.07) is 8.20. The normalized spacial score (nSPS) is 20.8. The molecule has 0 spiro atoms. The van der Waals surface area contributed by atoms with E-state index in [4.69, 9.17) is 23.2 Å². The minimum atomic E-state index is -4.76. The van der Waals surface area contributed by atoms with Crippen LogP contribution < -0.4 is 5.32 Å². The summed E-state index contributed by atoms with van der Waals surface area (Å²) in [6.07, 6.45) is -3.22. The summed E-state index contributed by atoms with van der Waals surface area (Å²) >= 11 is 12.4. The third-order valence-corrected chi connectivity index (χ3v) is 8.44. The second-order valence-corrected chi connectivity index (χ2v) is 11.4. The molecule has 1 N–H and O–H groups in total. The molecule has 2 heterocycles. The summed E-state index contributed by atoms with van der Waals surface area (Å²) in [6.45, 7) is 4.15. The van der Waals surface area contributed by atoms with Crippen molar-refractivity contribution in [3.8, 4) is 0 Å². The predicted octanol–water partition coefficient (Wildman–Crippen LogP) is 5.18. The molecule has 2 aromatic carbocycles. The van der Waals surface area contributed by atoms with E-state index in [0.29, 0.717) is 41.8 Å². The van der Waals surface area contributed by atoms with Crippen molar-refractivity contribution in [3.05, 3.63) is 69.0 Å². The Bertz CT molecular complexity index is 1240. The standard InChI is InChI=1S/C28H32Cl2F4N4O2/c1-17(39)35-20-7-9-37(10-8-20)16-27(40)38-14-21(19-4-6-23(29)24(30)12-19)26(15-38)36(2)13-18-3-5-22(25(31)11-18)28(32,33)34/h3-6,11-12,20-21,26H,7-10,13-16H2,1-2H3,(H,35,39)/t21-,26?/m1/s1. The van der Waals surface area contributed by atoms with Crippen LogP contribution in [-0.2, 0) is 22.3 Å². The van der Waals surface area contributed by atoms with E-state index < -0.39 is 17.6 Å². The lowest BCUT2D eigenvalue weighted by atomic mass is 9.93. The molecule has 4 rings (SSSR count). The number of rotatable bonds is 7. The van der Waals surface area contributed by atoms with Gasteiger partial charge in [-0.2, -0.15) is 13.2 Å². The third-order valence-electron chi connectivity index (χ3n) is 7.70. The van der Waals surface area contributed by atoms with Crippen molar-refractivity contribution in [2.75, 3.05) is 39.8 Å². The van der Waals surface area contributed by atoms with Crippen molar-refractivity contribution >= 4 is 35.0 Å². The van der Waals surface area contributed by atoms with Gasteiger partial charge in [0.15, 0.2) is 0 Å². The Kier molecular flexibility index (Phi) is 9.65. The fourth-order valence-corrected chi connectivity index (χ4v) is 5.92. The highest BCUT2D eigenvalue weighted by Crippen LogP contribution is 2.36. The van der Waals surface area contributed by atoms with Crippen molar-refractivity contribution in [1.29, 1.82) is 0 Å². The molecule has 218 valence electrons. The summed E-state index contributed by atoms with van der Waals surface area (Å²) in [4.78, 5) is 30.5. The number of piperidine rings is 1. The fraction of sp³-hybridized carbons (Fsp3) is 0.500. The predicted molar refractivity (Wildman–Crippen MR) is 146 cm³/mol. The van der Waals surface area contributed by atoms with Gasteiger partial charge in [0.1, 0.15) is 5.82 Å². The van der Waals surface area contributed by atoms with Crippen LogP contribution in [0.5, 0.6) is 0 Å². The highest BCUT2D eigenvalue weighted by molar-refractivity contribution is 6.42. The molecule has 40 heavy (non-hydrogen) atoms. The molecule has 2 atom stereocenters. The van der Waals surface area contributed by atoms with Crippen LogP contribution in [0.25, 0.3) is 0 Å². The number of nitrogens with zero attached hydrogens (tertiary/aromatic N) is 3. The van der Waals surface area contributed by atoms with Gasteiger partial charge in [0, 0.05) is 57.6 Å². The molecule has 12 heteroatoms. The average Bonchev–Trinajstić information content (AvgIpc) is 3.32. The van der Waals surface area contributed by atoms with Crippen LogP contribution in [-0.4, -0.2) is 78.4 Å². The minimum absolute atomic E-state index is 0.0282. The van der Waals surface area contributed by atoms with Gasteiger partial charge < -0.3 is 10.2 Å². The van der Waals surface area contributed by atoms with E-state index in [2.05, 4.69) is 10.2 Å². The molecule has 2 aliphatic heterocycles. The van der Waals surface area contributed by atoms with Crippen LogP contribution in [0.2, 0.25) is 10.0 Å². The third kappa shape index (κ3) is 7.46. The van der Waals surface area contributed by atoms with Gasteiger partial charge in [-0.3, -0.25) is 19.4 Å². The first-order valence-electron chi connectivity index (χ1n) is 13.1. The maximum atomic E-state index is 14.2. The Morgan fingerprint density at radius 3 is 2.35 bits per heavy atom. The lowest BCUT2D eigenvalue weighted by Crippen LogP contribution is -2.47. The first kappa shape index (κ1) is 30.6. The Morgan fingerprint density at radius 1 is 1.05 bits per heavy atom. The number of benzene rings is 2. The largest absolute Gasteiger partial charge is 0.419 e. The van der Waals surface area contributed by atoms with E-state index in [0.717, 1.165) is 30.5 Å². The number of hydrogen-bond acceptors (Lipinski definition) is 4. The van der Waals surface area contributed by atoms with Gasteiger partial charge in [-0.05, 0) is 55.3 Å². The van der Waals surface area contributed by atoms with Crippen molar-refractivity contribution in [1.82, 2.24) is 20.0 Å². The second kappa shape index (κ2) is 12.6. The van der Waals surface area contributed by atoms with Crippen LogP contribution in [0.3, 0.4) is 0 Å². The SMILES string of the molecule is CC(=O)NC1CCN(CC(=O)N2CC(N(C)Cc3ccc(C(F)(F)F)c(F)c3)[C@@H](c3ccc(Cl)c(Cl)c3)C2)CC1. The van der Waals surface area contributed by atoms with E-state index in [9.17, 15) is 27.2 Å². The summed E-state index contributed by atoms with van der Waals surface area (Å²) in [7, 11) is 1.81. The number of alkyl halides is 3.